The molecule has 138 valence electrons. The fourth-order valence-electron chi connectivity index (χ4n) is 3.75. The van der Waals surface area contributed by atoms with Crippen LogP contribution in [0.1, 0.15) is 36.8 Å². The van der Waals surface area contributed by atoms with E-state index in [4.69, 9.17) is 9.84 Å². The third-order valence-corrected chi connectivity index (χ3v) is 6.50. The molecule has 1 fully saturated rings. The van der Waals surface area contributed by atoms with Crippen molar-refractivity contribution in [1.29, 1.82) is 0 Å². The van der Waals surface area contributed by atoms with Gasteiger partial charge in [0.25, 0.3) is 0 Å². The lowest BCUT2D eigenvalue weighted by Crippen LogP contribution is -2.37. The zero-order valence-electron chi connectivity index (χ0n) is 14.3. The number of fused-ring (bicyclic) bond motifs is 1. The number of nitrogens with zero attached hydrogens (tertiary/aromatic N) is 1. The Morgan fingerprint density at radius 3 is 2.76 bits per heavy atom. The summed E-state index contributed by atoms with van der Waals surface area (Å²) in [6.07, 6.45) is 5.40. The molecule has 1 aromatic rings. The van der Waals surface area contributed by atoms with Crippen LogP contribution in [0.4, 0.5) is 0 Å². The number of carboxylic acids is 1. The first-order valence-electron chi connectivity index (χ1n) is 8.84. The van der Waals surface area contributed by atoms with Crippen LogP contribution in [-0.4, -0.2) is 55.1 Å². The minimum absolute atomic E-state index is 0.107. The molecule has 0 unspecified atom stereocenters. The number of benzene rings is 1. The highest BCUT2D eigenvalue weighted by Crippen LogP contribution is 2.28. The number of carbonyl (C=O) groups is 1. The summed E-state index contributed by atoms with van der Waals surface area (Å²) in [5.41, 5.74) is 2.37. The number of hydrogen-bond donors (Lipinski definition) is 1. The van der Waals surface area contributed by atoms with Crippen LogP contribution < -0.4 is 4.74 Å². The van der Waals surface area contributed by atoms with Crippen molar-refractivity contribution in [2.24, 2.45) is 0 Å². The molecule has 7 heteroatoms. The summed E-state index contributed by atoms with van der Waals surface area (Å²) in [6, 6.07) is 6.56. The summed E-state index contributed by atoms with van der Waals surface area (Å²) in [4.78, 5) is 12.9. The van der Waals surface area contributed by atoms with Crippen molar-refractivity contribution in [3.05, 3.63) is 29.3 Å². The Hall–Kier alpha value is -1.60. The smallest absolute Gasteiger partial charge is 0.318 e. The number of rotatable bonds is 8. The molecule has 1 heterocycles. The van der Waals surface area contributed by atoms with Gasteiger partial charge in [0.15, 0.2) is 9.84 Å². The molecule has 0 saturated heterocycles. The molecule has 1 aliphatic heterocycles. The first kappa shape index (κ1) is 18.2. The van der Waals surface area contributed by atoms with Crippen LogP contribution in [0.5, 0.6) is 5.75 Å². The monoisotopic (exact) mass is 367 g/mol. The van der Waals surface area contributed by atoms with Gasteiger partial charge >= 0.3 is 5.97 Å². The van der Waals surface area contributed by atoms with Crippen LogP contribution >= 0.6 is 0 Å². The molecule has 25 heavy (non-hydrogen) atoms. The lowest BCUT2D eigenvalue weighted by Gasteiger charge is -2.29. The summed E-state index contributed by atoms with van der Waals surface area (Å²) in [5.74, 6) is -1.24. The Balaban J connectivity index is 1.68. The summed E-state index contributed by atoms with van der Waals surface area (Å²) < 4.78 is 29.4. The van der Waals surface area contributed by atoms with E-state index in [0.717, 1.165) is 37.2 Å². The second-order valence-electron chi connectivity index (χ2n) is 6.94. The van der Waals surface area contributed by atoms with Crippen molar-refractivity contribution in [3.8, 4) is 5.75 Å². The number of carboxylic acid groups (broad SMARTS) is 1. The molecule has 1 N–H and O–H groups in total. The topological polar surface area (TPSA) is 83.9 Å². The Bertz CT molecular complexity index is 725. The number of aliphatic carboxylic acids is 1. The van der Waals surface area contributed by atoms with E-state index in [-0.39, 0.29) is 5.75 Å². The molecule has 0 spiro atoms. The van der Waals surface area contributed by atoms with Crippen molar-refractivity contribution in [3.63, 3.8) is 0 Å². The van der Waals surface area contributed by atoms with Gasteiger partial charge < -0.3 is 9.84 Å². The molecule has 0 radical (unpaired) electrons. The molecule has 0 amide bonds. The van der Waals surface area contributed by atoms with Crippen LogP contribution in [0.25, 0.3) is 0 Å². The van der Waals surface area contributed by atoms with E-state index < -0.39 is 21.6 Å². The molecular weight excluding hydrogens is 342 g/mol. The summed E-state index contributed by atoms with van der Waals surface area (Å²) >= 11 is 0. The van der Waals surface area contributed by atoms with Crippen molar-refractivity contribution in [2.45, 2.75) is 44.7 Å². The highest BCUT2D eigenvalue weighted by atomic mass is 32.2. The first-order chi connectivity index (χ1) is 11.9. The Morgan fingerprint density at radius 1 is 1.28 bits per heavy atom. The second-order valence-corrected chi connectivity index (χ2v) is 9.12. The van der Waals surface area contributed by atoms with E-state index in [1.165, 1.54) is 18.4 Å². The van der Waals surface area contributed by atoms with E-state index >= 15 is 0 Å². The second kappa shape index (κ2) is 7.74. The molecule has 0 atom stereocenters. The van der Waals surface area contributed by atoms with Crippen LogP contribution in [0, 0.1) is 0 Å². The third-order valence-electron chi connectivity index (χ3n) is 5.01. The normalized spacial score (nSPS) is 17.6. The van der Waals surface area contributed by atoms with Crippen LogP contribution in [-0.2, 0) is 27.6 Å². The van der Waals surface area contributed by atoms with Crippen molar-refractivity contribution in [1.82, 2.24) is 4.90 Å². The van der Waals surface area contributed by atoms with Crippen LogP contribution in [0.15, 0.2) is 18.2 Å². The highest BCUT2D eigenvalue weighted by molar-refractivity contribution is 7.92. The molecule has 1 aliphatic carbocycles. The minimum Gasteiger partial charge on any atom is -0.493 e. The predicted molar refractivity (Wildman–Crippen MR) is 94.6 cm³/mol. The van der Waals surface area contributed by atoms with Gasteiger partial charge in [0.2, 0.25) is 0 Å². The molecule has 1 saturated carbocycles. The summed E-state index contributed by atoms with van der Waals surface area (Å²) in [7, 11) is -3.57. The Kier molecular flexibility index (Phi) is 5.64. The molecule has 1 aromatic carbocycles. The maximum Gasteiger partial charge on any atom is 0.318 e. The molecule has 0 aromatic heterocycles. The summed E-state index contributed by atoms with van der Waals surface area (Å²) in [6.45, 7) is 1.80. The third kappa shape index (κ3) is 4.95. The average molecular weight is 367 g/mol. The van der Waals surface area contributed by atoms with Crippen LogP contribution in [0.2, 0.25) is 0 Å². The first-order valence-corrected chi connectivity index (χ1v) is 10.7. The van der Waals surface area contributed by atoms with E-state index in [2.05, 4.69) is 11.0 Å². The van der Waals surface area contributed by atoms with E-state index in [9.17, 15) is 13.2 Å². The molecule has 3 rings (SSSR count). The lowest BCUT2D eigenvalue weighted by atomic mass is 10.1. The fraction of sp³-hybridized carbons (Fsp3) is 0.611. The largest absolute Gasteiger partial charge is 0.493 e. The van der Waals surface area contributed by atoms with Gasteiger partial charge in [0, 0.05) is 25.6 Å². The zero-order chi connectivity index (χ0) is 17.9. The maximum atomic E-state index is 11.9. The van der Waals surface area contributed by atoms with Crippen molar-refractivity contribution in [2.75, 3.05) is 24.7 Å². The van der Waals surface area contributed by atoms with Crippen LogP contribution in [0.3, 0.4) is 0 Å². The molecule has 2 aliphatic rings. The average Bonchev–Trinajstić information content (AvgIpc) is 3.20. The quantitative estimate of drug-likeness (QED) is 0.755. The zero-order valence-corrected chi connectivity index (χ0v) is 15.1. The fourth-order valence-corrected chi connectivity index (χ4v) is 4.78. The van der Waals surface area contributed by atoms with E-state index in [1.54, 1.807) is 0 Å². The van der Waals surface area contributed by atoms with Gasteiger partial charge in [-0.2, -0.15) is 0 Å². The van der Waals surface area contributed by atoms with E-state index in [0.29, 0.717) is 19.1 Å². The minimum atomic E-state index is -3.57. The predicted octanol–water partition coefficient (Wildman–Crippen LogP) is 1.87. The number of sulfone groups is 1. The molecular formula is C18H25NO5S. The van der Waals surface area contributed by atoms with Gasteiger partial charge in [-0.1, -0.05) is 25.0 Å². The van der Waals surface area contributed by atoms with Gasteiger partial charge in [0.1, 0.15) is 11.5 Å². The van der Waals surface area contributed by atoms with Gasteiger partial charge in [-0.3, -0.25) is 9.69 Å². The van der Waals surface area contributed by atoms with Gasteiger partial charge in [-0.05, 0) is 30.0 Å². The van der Waals surface area contributed by atoms with Crippen molar-refractivity contribution >= 4 is 15.8 Å². The Labute approximate surface area is 148 Å². The molecule has 6 nitrogen and oxygen atoms in total. The number of hydrogen-bond acceptors (Lipinski definition) is 5. The highest BCUT2D eigenvalue weighted by Gasteiger charge is 2.25. The van der Waals surface area contributed by atoms with Gasteiger partial charge in [-0.25, -0.2) is 8.42 Å². The maximum absolute atomic E-state index is 11.9. The van der Waals surface area contributed by atoms with Gasteiger partial charge in [0.05, 0.1) is 12.4 Å². The standard InChI is InChI=1S/C18H25NO5S/c20-18(21)13-25(22,23)10-8-19(16-3-1-2-4-16)12-14-5-6-17-15(11-14)7-9-24-17/h5-6,11,16H,1-4,7-10,12-13H2,(H,20,21). The SMILES string of the molecule is O=C(O)CS(=O)(=O)CCN(Cc1ccc2c(c1)CCO2)C1CCCC1. The molecule has 0 bridgehead atoms. The van der Waals surface area contributed by atoms with E-state index in [1.807, 2.05) is 12.1 Å². The Morgan fingerprint density at radius 2 is 2.04 bits per heavy atom. The van der Waals surface area contributed by atoms with Crippen molar-refractivity contribution < 1.29 is 23.1 Å². The number of ether oxygens (including phenoxy) is 1. The lowest BCUT2D eigenvalue weighted by molar-refractivity contribution is -0.134. The summed E-state index contributed by atoms with van der Waals surface area (Å²) in [5, 5.41) is 8.75. The van der Waals surface area contributed by atoms with Gasteiger partial charge in [-0.15, -0.1) is 0 Å².